The van der Waals surface area contributed by atoms with Gasteiger partial charge < -0.3 is 4.74 Å². The highest BCUT2D eigenvalue weighted by Gasteiger charge is 2.29. The number of carbonyl (C=O) groups excluding carboxylic acids is 1. The van der Waals surface area contributed by atoms with Crippen LogP contribution in [0.15, 0.2) is 24.3 Å². The van der Waals surface area contributed by atoms with Crippen LogP contribution in [0, 0.1) is 5.92 Å². The minimum absolute atomic E-state index is 0.0186. The summed E-state index contributed by atoms with van der Waals surface area (Å²) in [7, 11) is -2.91. The van der Waals surface area contributed by atoms with Crippen LogP contribution in [0.3, 0.4) is 0 Å². The number of ether oxygens (including phenoxy) is 1. The predicted octanol–water partition coefficient (Wildman–Crippen LogP) is 2.24. The number of Topliss-reactive ketones (excluding diaryl/α,β-unsaturated/α-hetero) is 1. The minimum atomic E-state index is -2.91. The second kappa shape index (κ2) is 5.20. The van der Waals surface area contributed by atoms with Crippen LogP contribution in [0.5, 0.6) is 5.75 Å². The van der Waals surface area contributed by atoms with E-state index in [-0.39, 0.29) is 23.2 Å². The summed E-state index contributed by atoms with van der Waals surface area (Å²) in [5.74, 6) is 1.17. The SMILES string of the molecule is O=C(CC1CCS(=O)(=O)C1)c1ccc(OC2CC2)cc1. The average Bonchev–Trinajstić information content (AvgIpc) is 3.14. The lowest BCUT2D eigenvalue weighted by Crippen LogP contribution is -2.10. The summed E-state index contributed by atoms with van der Waals surface area (Å²) < 4.78 is 28.4. The van der Waals surface area contributed by atoms with Gasteiger partial charge in [-0.15, -0.1) is 0 Å². The Morgan fingerprint density at radius 3 is 2.40 bits per heavy atom. The topological polar surface area (TPSA) is 60.4 Å². The molecule has 2 aliphatic rings. The molecule has 4 nitrogen and oxygen atoms in total. The first-order chi connectivity index (χ1) is 9.52. The van der Waals surface area contributed by atoms with Crippen LogP contribution in [0.1, 0.15) is 36.0 Å². The third kappa shape index (κ3) is 3.39. The van der Waals surface area contributed by atoms with Crippen molar-refractivity contribution in [2.24, 2.45) is 5.92 Å². The summed E-state index contributed by atoms with van der Waals surface area (Å²) in [5.41, 5.74) is 0.637. The lowest BCUT2D eigenvalue weighted by molar-refractivity contribution is 0.0965. The lowest BCUT2D eigenvalue weighted by atomic mass is 9.98. The van der Waals surface area contributed by atoms with Crippen molar-refractivity contribution in [1.29, 1.82) is 0 Å². The maximum Gasteiger partial charge on any atom is 0.163 e. The molecule has 1 aliphatic heterocycles. The first kappa shape index (κ1) is 13.6. The van der Waals surface area contributed by atoms with E-state index in [0.29, 0.717) is 24.5 Å². The van der Waals surface area contributed by atoms with Crippen molar-refractivity contribution >= 4 is 15.6 Å². The molecule has 0 radical (unpaired) electrons. The van der Waals surface area contributed by atoms with E-state index in [1.54, 1.807) is 12.1 Å². The van der Waals surface area contributed by atoms with Crippen molar-refractivity contribution in [3.8, 4) is 5.75 Å². The van der Waals surface area contributed by atoms with Crippen LogP contribution in [-0.4, -0.2) is 31.8 Å². The van der Waals surface area contributed by atoms with E-state index in [1.165, 1.54) is 0 Å². The first-order valence-corrected chi connectivity index (χ1v) is 8.84. The van der Waals surface area contributed by atoms with Gasteiger partial charge in [-0.05, 0) is 49.4 Å². The molecule has 3 rings (SSSR count). The van der Waals surface area contributed by atoms with Gasteiger partial charge in [0.05, 0.1) is 17.6 Å². The molecule has 0 N–H and O–H groups in total. The van der Waals surface area contributed by atoms with Gasteiger partial charge in [-0.1, -0.05) is 0 Å². The molecule has 1 saturated carbocycles. The zero-order chi connectivity index (χ0) is 14.2. The first-order valence-electron chi connectivity index (χ1n) is 7.02. The van der Waals surface area contributed by atoms with E-state index in [9.17, 15) is 13.2 Å². The Kier molecular flexibility index (Phi) is 3.54. The Balaban J connectivity index is 1.59. The Morgan fingerprint density at radius 2 is 1.85 bits per heavy atom. The molecular formula is C15H18O4S. The molecule has 20 heavy (non-hydrogen) atoms. The summed E-state index contributed by atoms with van der Waals surface area (Å²) in [4.78, 5) is 12.1. The third-order valence-electron chi connectivity index (χ3n) is 3.80. The van der Waals surface area contributed by atoms with E-state index in [0.717, 1.165) is 18.6 Å². The second-order valence-corrected chi connectivity index (χ2v) is 7.97. The van der Waals surface area contributed by atoms with E-state index in [2.05, 4.69) is 0 Å². The van der Waals surface area contributed by atoms with Gasteiger partial charge in [0, 0.05) is 12.0 Å². The van der Waals surface area contributed by atoms with Gasteiger partial charge >= 0.3 is 0 Å². The van der Waals surface area contributed by atoms with Gasteiger partial charge in [0.1, 0.15) is 5.75 Å². The predicted molar refractivity (Wildman–Crippen MR) is 75.8 cm³/mol. The summed E-state index contributed by atoms with van der Waals surface area (Å²) >= 11 is 0. The number of rotatable bonds is 5. The fraction of sp³-hybridized carbons (Fsp3) is 0.533. The molecule has 0 aromatic heterocycles. The van der Waals surface area contributed by atoms with E-state index in [4.69, 9.17) is 4.74 Å². The van der Waals surface area contributed by atoms with Crippen molar-refractivity contribution in [2.45, 2.75) is 31.8 Å². The normalized spacial score (nSPS) is 24.5. The van der Waals surface area contributed by atoms with Crippen molar-refractivity contribution < 1.29 is 17.9 Å². The van der Waals surface area contributed by atoms with Crippen LogP contribution in [0.2, 0.25) is 0 Å². The quantitative estimate of drug-likeness (QED) is 0.781. The zero-order valence-corrected chi connectivity index (χ0v) is 12.1. The zero-order valence-electron chi connectivity index (χ0n) is 11.2. The molecule has 0 amide bonds. The van der Waals surface area contributed by atoms with Crippen LogP contribution in [0.4, 0.5) is 0 Å². The molecule has 0 spiro atoms. The Bertz CT molecular complexity index is 599. The van der Waals surface area contributed by atoms with E-state index in [1.807, 2.05) is 12.1 Å². The van der Waals surface area contributed by atoms with Gasteiger partial charge in [-0.3, -0.25) is 4.79 Å². The van der Waals surface area contributed by atoms with Crippen molar-refractivity contribution in [2.75, 3.05) is 11.5 Å². The number of hydrogen-bond acceptors (Lipinski definition) is 4. The number of carbonyl (C=O) groups is 1. The Labute approximate surface area is 119 Å². The molecule has 1 saturated heterocycles. The maximum atomic E-state index is 12.1. The highest BCUT2D eigenvalue weighted by Crippen LogP contribution is 2.27. The number of hydrogen-bond donors (Lipinski definition) is 0. The maximum absolute atomic E-state index is 12.1. The van der Waals surface area contributed by atoms with Gasteiger partial charge in [0.15, 0.2) is 15.6 Å². The lowest BCUT2D eigenvalue weighted by Gasteiger charge is -2.08. The molecule has 1 atom stereocenters. The Hall–Kier alpha value is -1.36. The van der Waals surface area contributed by atoms with Crippen LogP contribution < -0.4 is 4.74 Å². The van der Waals surface area contributed by atoms with Gasteiger partial charge in [0.2, 0.25) is 0 Å². The molecule has 2 fully saturated rings. The molecule has 0 bridgehead atoms. The van der Waals surface area contributed by atoms with E-state index < -0.39 is 9.84 Å². The largest absolute Gasteiger partial charge is 0.490 e. The summed E-state index contributed by atoms with van der Waals surface area (Å²) in [6.07, 6.45) is 3.49. The van der Waals surface area contributed by atoms with Crippen molar-refractivity contribution in [3.63, 3.8) is 0 Å². The summed E-state index contributed by atoms with van der Waals surface area (Å²) in [6.45, 7) is 0. The fourth-order valence-electron chi connectivity index (χ4n) is 2.51. The molecule has 5 heteroatoms. The monoisotopic (exact) mass is 294 g/mol. The highest BCUT2D eigenvalue weighted by atomic mass is 32.2. The van der Waals surface area contributed by atoms with Crippen molar-refractivity contribution in [1.82, 2.24) is 0 Å². The third-order valence-corrected chi connectivity index (χ3v) is 5.64. The number of sulfone groups is 1. The molecule has 1 heterocycles. The smallest absolute Gasteiger partial charge is 0.163 e. The van der Waals surface area contributed by atoms with Gasteiger partial charge in [0.25, 0.3) is 0 Å². The fourth-order valence-corrected chi connectivity index (χ4v) is 4.37. The molecular weight excluding hydrogens is 276 g/mol. The average molecular weight is 294 g/mol. The molecule has 1 aromatic rings. The molecule has 1 aromatic carbocycles. The summed E-state index contributed by atoms with van der Waals surface area (Å²) in [5, 5.41) is 0. The van der Waals surface area contributed by atoms with Crippen LogP contribution in [-0.2, 0) is 9.84 Å². The Morgan fingerprint density at radius 1 is 1.15 bits per heavy atom. The number of ketones is 1. The minimum Gasteiger partial charge on any atom is -0.490 e. The standard InChI is InChI=1S/C15H18O4S/c16-15(9-11-7-8-20(17,18)10-11)12-1-3-13(4-2-12)19-14-5-6-14/h1-4,11,14H,5-10H2. The summed E-state index contributed by atoms with van der Waals surface area (Å²) in [6, 6.07) is 7.17. The van der Waals surface area contributed by atoms with Crippen LogP contribution in [0.25, 0.3) is 0 Å². The number of benzene rings is 1. The van der Waals surface area contributed by atoms with Gasteiger partial charge in [-0.25, -0.2) is 8.42 Å². The molecule has 1 unspecified atom stereocenters. The second-order valence-electron chi connectivity index (χ2n) is 5.74. The van der Waals surface area contributed by atoms with Gasteiger partial charge in [-0.2, -0.15) is 0 Å². The van der Waals surface area contributed by atoms with Crippen molar-refractivity contribution in [3.05, 3.63) is 29.8 Å². The highest BCUT2D eigenvalue weighted by molar-refractivity contribution is 7.91. The molecule has 1 aliphatic carbocycles. The van der Waals surface area contributed by atoms with E-state index >= 15 is 0 Å². The van der Waals surface area contributed by atoms with Crippen LogP contribution >= 0.6 is 0 Å². The molecule has 108 valence electrons.